The Bertz CT molecular complexity index is 235. The average Bonchev–Trinajstić information content (AvgIpc) is 2.03. The number of ether oxygens (including phenoxy) is 1. The van der Waals surface area contributed by atoms with Crippen LogP contribution < -0.4 is 0 Å². The zero-order valence-corrected chi connectivity index (χ0v) is 5.69. The van der Waals surface area contributed by atoms with E-state index in [4.69, 9.17) is 0 Å². The van der Waals surface area contributed by atoms with Crippen molar-refractivity contribution in [3.05, 3.63) is 30.1 Å². The summed E-state index contributed by atoms with van der Waals surface area (Å²) in [4.78, 5) is 13.6. The number of nitrogens with zero attached hydrogens (tertiary/aromatic N) is 1. The highest BCUT2D eigenvalue weighted by Gasteiger charge is 1.99. The smallest absolute Gasteiger partial charge is 0.425 e. The van der Waals surface area contributed by atoms with Gasteiger partial charge in [0.05, 0.1) is 5.69 Å². The normalized spacial score (nSPS) is 9.09. The van der Waals surface area contributed by atoms with Gasteiger partial charge in [0, 0.05) is 6.20 Å². The second kappa shape index (κ2) is 3.55. The van der Waals surface area contributed by atoms with Crippen LogP contribution in [0.25, 0.3) is 0 Å². The van der Waals surface area contributed by atoms with Crippen molar-refractivity contribution < 1.29 is 14.6 Å². The molecule has 1 aromatic heterocycles. The summed E-state index contributed by atoms with van der Waals surface area (Å²) in [6, 6.07) is 5.16. The second-order valence-electron chi connectivity index (χ2n) is 1.86. The molecule has 0 aromatic carbocycles. The van der Waals surface area contributed by atoms with Crippen LogP contribution in [0.2, 0.25) is 0 Å². The van der Waals surface area contributed by atoms with Crippen LogP contribution in [0.3, 0.4) is 0 Å². The van der Waals surface area contributed by atoms with Crippen LogP contribution in [-0.2, 0) is 16.5 Å². The molecule has 0 bridgehead atoms. The van der Waals surface area contributed by atoms with E-state index in [2.05, 4.69) is 9.72 Å². The number of aromatic nitrogens is 1. The average molecular weight is 152 g/mol. The zero-order valence-electron chi connectivity index (χ0n) is 5.69. The molecule has 0 aliphatic rings. The lowest BCUT2D eigenvalue weighted by Crippen LogP contribution is -1.99. The first kappa shape index (κ1) is 7.53. The number of hydrogen-bond acceptors (Lipinski definition) is 3. The molecule has 0 aliphatic carbocycles. The highest BCUT2D eigenvalue weighted by molar-refractivity contribution is 5.56. The molecular weight excluding hydrogens is 146 g/mol. The van der Waals surface area contributed by atoms with E-state index in [1.165, 1.54) is 0 Å². The van der Waals surface area contributed by atoms with E-state index in [-0.39, 0.29) is 6.61 Å². The van der Waals surface area contributed by atoms with Crippen LogP contribution in [0.4, 0.5) is 4.79 Å². The highest BCUT2D eigenvalue weighted by atomic mass is 16.7. The molecule has 4 nitrogen and oxygen atoms in total. The molecule has 1 radical (unpaired) electrons. The van der Waals surface area contributed by atoms with Crippen LogP contribution in [-0.4, -0.2) is 11.1 Å². The first-order valence-electron chi connectivity index (χ1n) is 3.03. The van der Waals surface area contributed by atoms with Crippen molar-refractivity contribution in [3.63, 3.8) is 0 Å². The third kappa shape index (κ3) is 2.66. The molecule has 1 aromatic rings. The quantitative estimate of drug-likeness (QED) is 0.597. The van der Waals surface area contributed by atoms with E-state index >= 15 is 0 Å². The maximum atomic E-state index is 9.81. The molecule has 0 saturated carbocycles. The van der Waals surface area contributed by atoms with Crippen molar-refractivity contribution in [2.45, 2.75) is 6.61 Å². The predicted octanol–water partition coefficient (Wildman–Crippen LogP) is 1.15. The van der Waals surface area contributed by atoms with Crippen molar-refractivity contribution in [1.82, 2.24) is 4.98 Å². The van der Waals surface area contributed by atoms with Gasteiger partial charge in [0.25, 0.3) is 0 Å². The molecule has 0 saturated heterocycles. The van der Waals surface area contributed by atoms with Crippen molar-refractivity contribution >= 4 is 6.16 Å². The molecule has 0 amide bonds. The fourth-order valence-electron chi connectivity index (χ4n) is 0.616. The Morgan fingerprint density at radius 1 is 1.55 bits per heavy atom. The van der Waals surface area contributed by atoms with Crippen molar-refractivity contribution in [2.75, 3.05) is 0 Å². The topological polar surface area (TPSA) is 59.1 Å². The second-order valence-corrected chi connectivity index (χ2v) is 1.86. The lowest BCUT2D eigenvalue weighted by molar-refractivity contribution is 0.0610. The Morgan fingerprint density at radius 2 is 2.36 bits per heavy atom. The van der Waals surface area contributed by atoms with Gasteiger partial charge in [-0.2, -0.15) is 9.90 Å². The van der Waals surface area contributed by atoms with E-state index in [0.29, 0.717) is 5.69 Å². The Morgan fingerprint density at radius 3 is 2.91 bits per heavy atom. The summed E-state index contributed by atoms with van der Waals surface area (Å²) in [5.41, 5.74) is 0.566. The van der Waals surface area contributed by atoms with E-state index in [1.807, 2.05) is 0 Å². The third-order valence-corrected chi connectivity index (χ3v) is 1.06. The lowest BCUT2D eigenvalue weighted by Gasteiger charge is -1.96. The summed E-state index contributed by atoms with van der Waals surface area (Å²) in [7, 11) is 0. The van der Waals surface area contributed by atoms with Gasteiger partial charge in [0.1, 0.15) is 6.61 Å². The van der Waals surface area contributed by atoms with Crippen LogP contribution >= 0.6 is 0 Å². The van der Waals surface area contributed by atoms with E-state index < -0.39 is 6.16 Å². The van der Waals surface area contributed by atoms with E-state index in [0.717, 1.165) is 0 Å². The summed E-state index contributed by atoms with van der Waals surface area (Å²) in [5.74, 6) is 0. The molecule has 0 N–H and O–H groups in total. The van der Waals surface area contributed by atoms with E-state index in [9.17, 15) is 9.90 Å². The molecule has 0 spiro atoms. The highest BCUT2D eigenvalue weighted by Crippen LogP contribution is 1.95. The Hall–Kier alpha value is -1.58. The maximum Gasteiger partial charge on any atom is 0.550 e. The van der Waals surface area contributed by atoms with Crippen LogP contribution in [0.5, 0.6) is 0 Å². The summed E-state index contributed by atoms with van der Waals surface area (Å²) in [5, 5.41) is 9.81. The molecular formula is C7H6NO3. The minimum atomic E-state index is -1.53. The number of rotatable bonds is 2. The predicted molar refractivity (Wildman–Crippen MR) is 35.1 cm³/mol. The number of pyridine rings is 1. The van der Waals surface area contributed by atoms with Gasteiger partial charge in [-0.25, -0.2) is 0 Å². The monoisotopic (exact) mass is 152 g/mol. The molecule has 1 rings (SSSR count). The first-order chi connectivity index (χ1) is 5.29. The molecule has 4 heteroatoms. The first-order valence-corrected chi connectivity index (χ1v) is 3.03. The minimum absolute atomic E-state index is 0.0524. The van der Waals surface area contributed by atoms with Gasteiger partial charge in [-0.15, -0.1) is 0 Å². The number of carbonyl (C=O) groups excluding carboxylic acids is 1. The van der Waals surface area contributed by atoms with Crippen LogP contribution in [0.1, 0.15) is 5.69 Å². The Balaban J connectivity index is 2.45. The van der Waals surface area contributed by atoms with Crippen molar-refractivity contribution in [3.8, 4) is 0 Å². The molecule has 0 fully saturated rings. The van der Waals surface area contributed by atoms with Gasteiger partial charge in [0.2, 0.25) is 0 Å². The molecule has 11 heavy (non-hydrogen) atoms. The maximum absolute atomic E-state index is 9.81. The summed E-state index contributed by atoms with van der Waals surface area (Å²) in [6.07, 6.45) is 0.0317. The molecule has 1 heterocycles. The fourth-order valence-corrected chi connectivity index (χ4v) is 0.616. The van der Waals surface area contributed by atoms with Gasteiger partial charge >= 0.3 is 6.16 Å². The van der Waals surface area contributed by atoms with Crippen molar-refractivity contribution in [1.29, 1.82) is 0 Å². The number of hydrogen-bond donors (Lipinski definition) is 0. The van der Waals surface area contributed by atoms with Crippen LogP contribution in [0.15, 0.2) is 24.4 Å². The van der Waals surface area contributed by atoms with E-state index in [1.54, 1.807) is 24.4 Å². The number of carbonyl (C=O) groups is 1. The van der Waals surface area contributed by atoms with Gasteiger partial charge in [-0.3, -0.25) is 4.98 Å². The molecule has 0 atom stereocenters. The van der Waals surface area contributed by atoms with Gasteiger partial charge in [-0.1, -0.05) is 6.07 Å². The van der Waals surface area contributed by atoms with Crippen molar-refractivity contribution in [2.24, 2.45) is 0 Å². The fraction of sp³-hybridized carbons (Fsp3) is 0.143. The minimum Gasteiger partial charge on any atom is -0.425 e. The molecule has 0 aliphatic heterocycles. The summed E-state index contributed by atoms with van der Waals surface area (Å²) in [6.45, 7) is -0.0524. The molecule has 0 unspecified atom stereocenters. The Labute approximate surface area is 63.5 Å². The largest absolute Gasteiger partial charge is 0.550 e. The third-order valence-electron chi connectivity index (χ3n) is 1.06. The SMILES string of the molecule is [O]C(=O)OCc1ccccn1. The van der Waals surface area contributed by atoms with Crippen LogP contribution in [0, 0.1) is 0 Å². The Kier molecular flexibility index (Phi) is 2.43. The zero-order chi connectivity index (χ0) is 8.10. The van der Waals surface area contributed by atoms with Gasteiger partial charge in [0.15, 0.2) is 0 Å². The summed E-state index contributed by atoms with van der Waals surface area (Å²) < 4.78 is 4.17. The lowest BCUT2D eigenvalue weighted by atomic mass is 10.4. The van der Waals surface area contributed by atoms with Gasteiger partial charge in [-0.05, 0) is 12.1 Å². The molecule has 57 valence electrons. The van der Waals surface area contributed by atoms with Gasteiger partial charge < -0.3 is 4.74 Å². The summed E-state index contributed by atoms with van der Waals surface area (Å²) >= 11 is 0. The standard InChI is InChI=1S/C7H6NO3/c9-7(10)11-5-6-3-1-2-4-8-6/h1-4H,5H2.